The van der Waals surface area contributed by atoms with Gasteiger partial charge in [-0.1, -0.05) is 42.5 Å². The molecule has 0 fully saturated rings. The van der Waals surface area contributed by atoms with Gasteiger partial charge in [-0.25, -0.2) is 4.68 Å². The third-order valence-corrected chi connectivity index (χ3v) is 4.20. The highest BCUT2D eigenvalue weighted by Crippen LogP contribution is 2.19. The molecule has 0 aliphatic carbocycles. The largest absolute Gasteiger partial charge is 0.491 e. The molecule has 0 aliphatic heterocycles. The number of aryl methyl sites for hydroxylation is 1. The Balaban J connectivity index is 1.74. The summed E-state index contributed by atoms with van der Waals surface area (Å²) in [5.74, 6) is 0.710. The van der Waals surface area contributed by atoms with Crippen LogP contribution >= 0.6 is 0 Å². The maximum Gasteiger partial charge on any atom is 0.274 e. The molecule has 1 heterocycles. The highest BCUT2D eigenvalue weighted by Gasteiger charge is 2.13. The van der Waals surface area contributed by atoms with Gasteiger partial charge in [0.25, 0.3) is 5.56 Å². The summed E-state index contributed by atoms with van der Waals surface area (Å²) < 4.78 is 7.05. The van der Waals surface area contributed by atoms with Crippen molar-refractivity contribution in [3.8, 4) is 5.75 Å². The number of allylic oxidation sites excluding steroid dienone is 1. The predicted molar refractivity (Wildman–Crippen MR) is 103 cm³/mol. The molecule has 134 valence electrons. The van der Waals surface area contributed by atoms with Gasteiger partial charge in [-0.15, -0.1) is 6.58 Å². The predicted octanol–water partition coefficient (Wildman–Crippen LogP) is 2.87. The number of hydrogen-bond acceptors (Lipinski definition) is 4. The third-order valence-electron chi connectivity index (χ3n) is 4.20. The molecule has 0 aliphatic rings. The van der Waals surface area contributed by atoms with Gasteiger partial charge in [-0.3, -0.25) is 4.79 Å². The molecular weight excluding hydrogens is 328 g/mol. The van der Waals surface area contributed by atoms with E-state index in [1.165, 1.54) is 4.68 Å². The number of fused-ring (bicyclic) bond motifs is 1. The van der Waals surface area contributed by atoms with Crippen molar-refractivity contribution >= 4 is 10.8 Å². The van der Waals surface area contributed by atoms with Gasteiger partial charge in [0.1, 0.15) is 18.5 Å². The summed E-state index contributed by atoms with van der Waals surface area (Å²) in [6.07, 6.45) is 1.65. The zero-order chi connectivity index (χ0) is 18.5. The minimum Gasteiger partial charge on any atom is -0.491 e. The fourth-order valence-corrected chi connectivity index (χ4v) is 2.94. The lowest BCUT2D eigenvalue weighted by Crippen LogP contribution is -2.32. The third kappa shape index (κ3) is 3.83. The summed E-state index contributed by atoms with van der Waals surface area (Å²) in [6.45, 7) is 5.75. The molecule has 1 atom stereocenters. The number of nitrogens with zero attached hydrogens (tertiary/aromatic N) is 2. The molecule has 0 amide bonds. The van der Waals surface area contributed by atoms with E-state index in [-0.39, 0.29) is 18.7 Å². The van der Waals surface area contributed by atoms with Crippen molar-refractivity contribution in [2.75, 3.05) is 6.61 Å². The highest BCUT2D eigenvalue weighted by molar-refractivity contribution is 5.83. The van der Waals surface area contributed by atoms with Crippen molar-refractivity contribution in [3.05, 3.63) is 82.8 Å². The van der Waals surface area contributed by atoms with Crippen LogP contribution in [0.1, 0.15) is 11.3 Å². The molecule has 5 heteroatoms. The Morgan fingerprint density at radius 1 is 1.19 bits per heavy atom. The van der Waals surface area contributed by atoms with Crippen molar-refractivity contribution in [1.82, 2.24) is 9.78 Å². The second kappa shape index (κ2) is 7.97. The topological polar surface area (TPSA) is 64.3 Å². The summed E-state index contributed by atoms with van der Waals surface area (Å²) in [4.78, 5) is 12.6. The van der Waals surface area contributed by atoms with Gasteiger partial charge in [-0.05, 0) is 31.0 Å². The molecule has 1 unspecified atom stereocenters. The number of aliphatic hydroxyl groups is 1. The SMILES string of the molecule is C=CCc1ccccc1OCC(O)Cn1nc(C)c2ccccc2c1=O. The van der Waals surface area contributed by atoms with Crippen molar-refractivity contribution < 1.29 is 9.84 Å². The molecular formula is C21H22N2O3. The fourth-order valence-electron chi connectivity index (χ4n) is 2.94. The van der Waals surface area contributed by atoms with Crippen LogP contribution in [0.25, 0.3) is 10.8 Å². The molecule has 3 rings (SSSR count). The number of hydrogen-bond donors (Lipinski definition) is 1. The average Bonchev–Trinajstić information content (AvgIpc) is 2.65. The fraction of sp³-hybridized carbons (Fsp3) is 0.238. The quantitative estimate of drug-likeness (QED) is 0.666. The zero-order valence-corrected chi connectivity index (χ0v) is 14.8. The van der Waals surface area contributed by atoms with E-state index in [0.717, 1.165) is 16.6 Å². The van der Waals surface area contributed by atoms with Crippen LogP contribution in [0.5, 0.6) is 5.75 Å². The summed E-state index contributed by atoms with van der Waals surface area (Å²) in [6, 6.07) is 15.0. The minimum absolute atomic E-state index is 0.0775. The van der Waals surface area contributed by atoms with Gasteiger partial charge < -0.3 is 9.84 Å². The Bertz CT molecular complexity index is 978. The number of aliphatic hydroxyl groups excluding tert-OH is 1. The van der Waals surface area contributed by atoms with E-state index < -0.39 is 6.10 Å². The minimum atomic E-state index is -0.849. The van der Waals surface area contributed by atoms with Crippen molar-refractivity contribution in [2.24, 2.45) is 0 Å². The van der Waals surface area contributed by atoms with Crippen LogP contribution in [0.2, 0.25) is 0 Å². The first-order valence-corrected chi connectivity index (χ1v) is 8.56. The number of para-hydroxylation sites is 1. The van der Waals surface area contributed by atoms with E-state index in [1.807, 2.05) is 49.4 Å². The van der Waals surface area contributed by atoms with Crippen LogP contribution in [-0.2, 0) is 13.0 Å². The lowest BCUT2D eigenvalue weighted by molar-refractivity contribution is 0.0876. The molecule has 0 saturated carbocycles. The van der Waals surface area contributed by atoms with E-state index in [2.05, 4.69) is 11.7 Å². The summed E-state index contributed by atoms with van der Waals surface area (Å²) >= 11 is 0. The van der Waals surface area contributed by atoms with Crippen LogP contribution in [0, 0.1) is 6.92 Å². The second-order valence-corrected chi connectivity index (χ2v) is 6.18. The van der Waals surface area contributed by atoms with Crippen molar-refractivity contribution in [3.63, 3.8) is 0 Å². The number of ether oxygens (including phenoxy) is 1. The maximum atomic E-state index is 12.6. The molecule has 0 radical (unpaired) electrons. The Hall–Kier alpha value is -2.92. The zero-order valence-electron chi connectivity index (χ0n) is 14.8. The molecule has 1 N–H and O–H groups in total. The Morgan fingerprint density at radius 2 is 1.88 bits per heavy atom. The summed E-state index contributed by atoms with van der Waals surface area (Å²) in [5, 5.41) is 16.1. The summed E-state index contributed by atoms with van der Waals surface area (Å²) in [7, 11) is 0. The van der Waals surface area contributed by atoms with Gasteiger partial charge >= 0.3 is 0 Å². The lowest BCUT2D eigenvalue weighted by Gasteiger charge is -2.16. The molecule has 0 saturated heterocycles. The van der Waals surface area contributed by atoms with Crippen LogP contribution < -0.4 is 10.3 Å². The molecule has 0 spiro atoms. The van der Waals surface area contributed by atoms with Gasteiger partial charge in [0.15, 0.2) is 0 Å². The molecule has 0 bridgehead atoms. The smallest absolute Gasteiger partial charge is 0.274 e. The normalized spacial score (nSPS) is 12.1. The standard InChI is InChI=1S/C21H22N2O3/c1-3-8-16-9-4-7-12-20(16)26-14-17(24)13-23-21(25)19-11-6-5-10-18(19)15(2)22-23/h3-7,9-12,17,24H,1,8,13-14H2,2H3. The average molecular weight is 350 g/mol. The van der Waals surface area contributed by atoms with Gasteiger partial charge in [0, 0.05) is 5.39 Å². The van der Waals surface area contributed by atoms with E-state index in [9.17, 15) is 9.90 Å². The van der Waals surface area contributed by atoms with Gasteiger partial charge in [-0.2, -0.15) is 5.10 Å². The Morgan fingerprint density at radius 3 is 2.65 bits per heavy atom. The van der Waals surface area contributed by atoms with Crippen LogP contribution in [-0.4, -0.2) is 27.6 Å². The van der Waals surface area contributed by atoms with Crippen LogP contribution in [0.3, 0.4) is 0 Å². The van der Waals surface area contributed by atoms with Gasteiger partial charge in [0.05, 0.1) is 17.6 Å². The molecule has 5 nitrogen and oxygen atoms in total. The Kier molecular flexibility index (Phi) is 5.49. The number of aromatic nitrogens is 2. The first kappa shape index (κ1) is 17.9. The molecule has 2 aromatic carbocycles. The van der Waals surface area contributed by atoms with Gasteiger partial charge in [0.2, 0.25) is 0 Å². The Labute approximate surface area is 152 Å². The molecule has 26 heavy (non-hydrogen) atoms. The van der Waals surface area contributed by atoms with Crippen LogP contribution in [0.4, 0.5) is 0 Å². The van der Waals surface area contributed by atoms with E-state index in [4.69, 9.17) is 4.74 Å². The first-order valence-electron chi connectivity index (χ1n) is 8.56. The maximum absolute atomic E-state index is 12.6. The monoisotopic (exact) mass is 350 g/mol. The van der Waals surface area contributed by atoms with Crippen LogP contribution in [0.15, 0.2) is 66.0 Å². The van der Waals surface area contributed by atoms with E-state index in [1.54, 1.807) is 12.1 Å². The number of rotatable bonds is 7. The lowest BCUT2D eigenvalue weighted by atomic mass is 10.1. The number of benzene rings is 2. The van der Waals surface area contributed by atoms with Crippen molar-refractivity contribution in [1.29, 1.82) is 0 Å². The second-order valence-electron chi connectivity index (χ2n) is 6.18. The molecule has 1 aromatic heterocycles. The van der Waals surface area contributed by atoms with Crippen molar-refractivity contribution in [2.45, 2.75) is 26.0 Å². The molecule has 3 aromatic rings. The summed E-state index contributed by atoms with van der Waals surface area (Å²) in [5.41, 5.74) is 1.55. The van der Waals surface area contributed by atoms with E-state index >= 15 is 0 Å². The first-order chi connectivity index (χ1) is 12.6. The van der Waals surface area contributed by atoms with E-state index in [0.29, 0.717) is 17.6 Å². The highest BCUT2D eigenvalue weighted by atomic mass is 16.5.